The summed E-state index contributed by atoms with van der Waals surface area (Å²) in [4.78, 5) is 0. The lowest BCUT2D eigenvalue weighted by molar-refractivity contribution is 0.107. The van der Waals surface area contributed by atoms with Gasteiger partial charge in [-0.1, -0.05) is 54.1 Å². The molecule has 3 nitrogen and oxygen atoms in total. The molecule has 0 aliphatic heterocycles. The highest BCUT2D eigenvalue weighted by molar-refractivity contribution is 6.31. The van der Waals surface area contributed by atoms with Crippen LogP contribution >= 0.6 is 11.6 Å². The van der Waals surface area contributed by atoms with Crippen LogP contribution in [-0.4, -0.2) is 5.84 Å². The number of hydrogen-bond donors (Lipinski definition) is 2. The molecule has 19 heavy (non-hydrogen) atoms. The average Bonchev–Trinajstić information content (AvgIpc) is 2.41. The van der Waals surface area contributed by atoms with E-state index in [4.69, 9.17) is 27.5 Å². The second kappa shape index (κ2) is 6.36. The van der Waals surface area contributed by atoms with Crippen molar-refractivity contribution in [1.29, 1.82) is 5.41 Å². The first-order valence-corrected chi connectivity index (χ1v) is 6.29. The molecule has 0 bridgehead atoms. The minimum Gasteiger partial charge on any atom is -0.384 e. The third-order valence-electron chi connectivity index (χ3n) is 2.78. The van der Waals surface area contributed by atoms with E-state index in [0.717, 1.165) is 11.1 Å². The Morgan fingerprint density at radius 1 is 1.00 bits per heavy atom. The van der Waals surface area contributed by atoms with Gasteiger partial charge in [0.1, 0.15) is 5.84 Å². The molecule has 0 aliphatic carbocycles. The van der Waals surface area contributed by atoms with E-state index in [9.17, 15) is 0 Å². The van der Waals surface area contributed by atoms with Gasteiger partial charge in [0.15, 0.2) is 0 Å². The van der Waals surface area contributed by atoms with E-state index in [1.54, 1.807) is 0 Å². The Bertz CT molecular complexity index is 584. The number of hydrogen-bond acceptors (Lipinski definition) is 2. The van der Waals surface area contributed by atoms with Crippen molar-refractivity contribution < 1.29 is 4.74 Å². The van der Waals surface area contributed by atoms with Crippen LogP contribution in [0.2, 0.25) is 5.02 Å². The summed E-state index contributed by atoms with van der Waals surface area (Å²) in [5, 5.41) is 8.21. The Morgan fingerprint density at radius 2 is 1.58 bits per heavy atom. The molecule has 0 aliphatic rings. The fourth-order valence-electron chi connectivity index (χ4n) is 1.80. The Labute approximate surface area is 117 Å². The number of benzene rings is 2. The maximum Gasteiger partial charge on any atom is 0.123 e. The van der Waals surface area contributed by atoms with Crippen LogP contribution < -0.4 is 5.73 Å². The minimum absolute atomic E-state index is 0.0527. The molecular formula is C15H15ClN2O. The van der Waals surface area contributed by atoms with Crippen molar-refractivity contribution in [1.82, 2.24) is 0 Å². The number of rotatable bonds is 5. The van der Waals surface area contributed by atoms with E-state index < -0.39 is 0 Å². The third kappa shape index (κ3) is 3.56. The summed E-state index contributed by atoms with van der Waals surface area (Å²) >= 11 is 6.05. The first kappa shape index (κ1) is 13.6. The van der Waals surface area contributed by atoms with Gasteiger partial charge in [0.25, 0.3) is 0 Å². The number of nitrogens with one attached hydrogen (secondary N) is 1. The zero-order chi connectivity index (χ0) is 13.7. The molecule has 4 heteroatoms. The van der Waals surface area contributed by atoms with Crippen LogP contribution in [0.25, 0.3) is 0 Å². The van der Waals surface area contributed by atoms with Gasteiger partial charge in [-0.3, -0.25) is 5.41 Å². The summed E-state index contributed by atoms with van der Waals surface area (Å²) in [6.07, 6.45) is 0. The lowest BCUT2D eigenvalue weighted by atomic mass is 10.1. The second-order valence-corrected chi connectivity index (χ2v) is 4.56. The molecule has 98 valence electrons. The molecule has 2 rings (SSSR count). The zero-order valence-corrected chi connectivity index (χ0v) is 11.2. The second-order valence-electron chi connectivity index (χ2n) is 4.16. The largest absolute Gasteiger partial charge is 0.384 e. The molecule has 0 aromatic heterocycles. The summed E-state index contributed by atoms with van der Waals surface area (Å²) in [6, 6.07) is 15.1. The van der Waals surface area contributed by atoms with Crippen LogP contribution in [0.5, 0.6) is 0 Å². The van der Waals surface area contributed by atoms with Gasteiger partial charge in [-0.05, 0) is 17.2 Å². The molecule has 0 atom stereocenters. The lowest BCUT2D eigenvalue weighted by Crippen LogP contribution is -2.14. The van der Waals surface area contributed by atoms with Crippen LogP contribution in [-0.2, 0) is 18.0 Å². The van der Waals surface area contributed by atoms with E-state index in [2.05, 4.69) is 0 Å². The Morgan fingerprint density at radius 3 is 2.26 bits per heavy atom. The summed E-state index contributed by atoms with van der Waals surface area (Å²) in [5.41, 5.74) is 8.09. The third-order valence-corrected chi connectivity index (χ3v) is 3.15. The highest BCUT2D eigenvalue weighted by atomic mass is 35.5. The van der Waals surface area contributed by atoms with Gasteiger partial charge < -0.3 is 10.5 Å². The normalized spacial score (nSPS) is 10.4. The van der Waals surface area contributed by atoms with Crippen LogP contribution in [0, 0.1) is 5.41 Å². The minimum atomic E-state index is 0.0527. The number of amidine groups is 1. The maximum absolute atomic E-state index is 7.51. The molecule has 0 amide bonds. The van der Waals surface area contributed by atoms with Crippen molar-refractivity contribution in [2.75, 3.05) is 0 Å². The molecule has 0 radical (unpaired) electrons. The standard InChI is InChI=1S/C15H15ClN2O/c16-14-8-4-2-6-12(14)10-19-9-11-5-1-3-7-13(11)15(17)18/h1-8H,9-10H2,(H3,17,18). The topological polar surface area (TPSA) is 59.1 Å². The first-order valence-electron chi connectivity index (χ1n) is 5.92. The molecule has 2 aromatic rings. The van der Waals surface area contributed by atoms with E-state index in [1.165, 1.54) is 0 Å². The van der Waals surface area contributed by atoms with Gasteiger partial charge in [-0.25, -0.2) is 0 Å². The van der Waals surface area contributed by atoms with Crippen molar-refractivity contribution in [3.8, 4) is 0 Å². The molecule has 0 heterocycles. The summed E-state index contributed by atoms with van der Waals surface area (Å²) in [5.74, 6) is 0.0527. The lowest BCUT2D eigenvalue weighted by Gasteiger charge is -2.09. The van der Waals surface area contributed by atoms with Gasteiger partial charge in [0, 0.05) is 10.6 Å². The van der Waals surface area contributed by atoms with E-state index >= 15 is 0 Å². The van der Waals surface area contributed by atoms with Crippen molar-refractivity contribution in [2.45, 2.75) is 13.2 Å². The zero-order valence-electron chi connectivity index (χ0n) is 10.4. The Balaban J connectivity index is 2.00. The first-order chi connectivity index (χ1) is 9.18. The van der Waals surface area contributed by atoms with Gasteiger partial charge in [0.05, 0.1) is 13.2 Å². The molecule has 0 unspecified atom stereocenters. The predicted molar refractivity (Wildman–Crippen MR) is 77.4 cm³/mol. The number of nitrogens with two attached hydrogens (primary N) is 1. The maximum atomic E-state index is 7.51. The smallest absolute Gasteiger partial charge is 0.123 e. The SMILES string of the molecule is N=C(N)c1ccccc1COCc1ccccc1Cl. The molecular weight excluding hydrogens is 260 g/mol. The summed E-state index contributed by atoms with van der Waals surface area (Å²) in [7, 11) is 0. The van der Waals surface area contributed by atoms with Gasteiger partial charge in [-0.2, -0.15) is 0 Å². The number of halogens is 1. The van der Waals surface area contributed by atoms with Gasteiger partial charge >= 0.3 is 0 Å². The van der Waals surface area contributed by atoms with E-state index in [-0.39, 0.29) is 5.84 Å². The van der Waals surface area contributed by atoms with Crippen LogP contribution in [0.1, 0.15) is 16.7 Å². The van der Waals surface area contributed by atoms with Gasteiger partial charge in [0.2, 0.25) is 0 Å². The van der Waals surface area contributed by atoms with E-state index in [1.807, 2.05) is 48.5 Å². The number of ether oxygens (including phenoxy) is 1. The van der Waals surface area contributed by atoms with Crippen molar-refractivity contribution in [3.63, 3.8) is 0 Å². The molecule has 0 spiro atoms. The highest BCUT2D eigenvalue weighted by Crippen LogP contribution is 2.17. The Kier molecular flexibility index (Phi) is 4.55. The monoisotopic (exact) mass is 274 g/mol. The fourth-order valence-corrected chi connectivity index (χ4v) is 1.99. The van der Waals surface area contributed by atoms with Gasteiger partial charge in [-0.15, -0.1) is 0 Å². The fraction of sp³-hybridized carbons (Fsp3) is 0.133. The molecule has 3 N–H and O–H groups in total. The van der Waals surface area contributed by atoms with Crippen LogP contribution in [0.3, 0.4) is 0 Å². The Hall–Kier alpha value is -1.84. The molecule has 0 saturated heterocycles. The van der Waals surface area contributed by atoms with Crippen molar-refractivity contribution in [2.24, 2.45) is 5.73 Å². The molecule has 2 aromatic carbocycles. The van der Waals surface area contributed by atoms with Crippen molar-refractivity contribution in [3.05, 3.63) is 70.2 Å². The highest BCUT2D eigenvalue weighted by Gasteiger charge is 2.05. The van der Waals surface area contributed by atoms with Crippen LogP contribution in [0.4, 0.5) is 0 Å². The van der Waals surface area contributed by atoms with E-state index in [0.29, 0.717) is 23.8 Å². The van der Waals surface area contributed by atoms with Crippen molar-refractivity contribution >= 4 is 17.4 Å². The summed E-state index contributed by atoms with van der Waals surface area (Å²) < 4.78 is 5.64. The number of nitrogen functional groups attached to an aromatic ring is 1. The quantitative estimate of drug-likeness (QED) is 0.649. The summed E-state index contributed by atoms with van der Waals surface area (Å²) in [6.45, 7) is 0.840. The molecule has 0 fully saturated rings. The average molecular weight is 275 g/mol. The predicted octanol–water partition coefficient (Wildman–Crippen LogP) is 3.34. The molecule has 0 saturated carbocycles. The van der Waals surface area contributed by atoms with Crippen LogP contribution in [0.15, 0.2) is 48.5 Å².